The summed E-state index contributed by atoms with van der Waals surface area (Å²) in [6.07, 6.45) is 3.20. The van der Waals surface area contributed by atoms with Gasteiger partial charge < -0.3 is 9.47 Å². The summed E-state index contributed by atoms with van der Waals surface area (Å²) in [5, 5.41) is 4.55. The van der Waals surface area contributed by atoms with Crippen LogP contribution in [0, 0.1) is 3.57 Å². The highest BCUT2D eigenvalue weighted by Crippen LogP contribution is 2.33. The lowest BCUT2D eigenvalue weighted by Crippen LogP contribution is -2.17. The van der Waals surface area contributed by atoms with Crippen molar-refractivity contribution in [1.82, 2.24) is 5.43 Å². The van der Waals surface area contributed by atoms with Gasteiger partial charge >= 0.3 is 0 Å². The molecule has 7 heteroatoms. The fourth-order valence-corrected chi connectivity index (χ4v) is 2.83. The number of hydrogen-bond donors (Lipinski definition) is 1. The van der Waals surface area contributed by atoms with Gasteiger partial charge in [0.1, 0.15) is 6.61 Å². The molecule has 0 unspecified atom stereocenters. The fourth-order valence-electron chi connectivity index (χ4n) is 1.93. The van der Waals surface area contributed by atoms with E-state index in [1.54, 1.807) is 43.5 Å². The Balaban J connectivity index is 2.09. The number of nitrogens with one attached hydrogen (secondary N) is 1. The minimum absolute atomic E-state index is 0.319. The van der Waals surface area contributed by atoms with Crippen LogP contribution >= 0.6 is 34.2 Å². The molecule has 0 heterocycles. The molecule has 0 aliphatic rings. The van der Waals surface area contributed by atoms with Gasteiger partial charge in [0.2, 0.25) is 0 Å². The number of methoxy groups -OCH3 is 1. The average molecular weight is 471 g/mol. The first kappa shape index (κ1) is 19.3. The van der Waals surface area contributed by atoms with Crippen molar-refractivity contribution in [3.63, 3.8) is 0 Å². The van der Waals surface area contributed by atoms with Gasteiger partial charge in [-0.1, -0.05) is 24.3 Å². The summed E-state index contributed by atoms with van der Waals surface area (Å²) in [5.74, 6) is 0.907. The number of benzene rings is 2. The minimum Gasteiger partial charge on any atom is -0.493 e. The first-order valence-corrected chi connectivity index (χ1v) is 8.71. The second-order valence-electron chi connectivity index (χ2n) is 4.84. The summed E-state index contributed by atoms with van der Waals surface area (Å²) in [7, 11) is 1.56. The van der Waals surface area contributed by atoms with Gasteiger partial charge in [0, 0.05) is 10.6 Å². The first-order valence-electron chi connectivity index (χ1n) is 7.25. The second-order valence-corrected chi connectivity index (χ2v) is 6.44. The highest BCUT2D eigenvalue weighted by atomic mass is 127. The van der Waals surface area contributed by atoms with E-state index in [4.69, 9.17) is 21.1 Å². The number of amides is 1. The first-order chi connectivity index (χ1) is 12.0. The highest BCUT2D eigenvalue weighted by molar-refractivity contribution is 14.1. The van der Waals surface area contributed by atoms with Crippen LogP contribution in [0.2, 0.25) is 5.02 Å². The van der Waals surface area contributed by atoms with Crippen LogP contribution in [0.3, 0.4) is 0 Å². The van der Waals surface area contributed by atoms with Gasteiger partial charge in [0.15, 0.2) is 11.5 Å². The molecule has 0 radical (unpaired) electrons. The molecule has 1 amide bonds. The van der Waals surface area contributed by atoms with Gasteiger partial charge in [-0.2, -0.15) is 5.10 Å². The molecule has 0 saturated carbocycles. The van der Waals surface area contributed by atoms with Gasteiger partial charge in [-0.25, -0.2) is 5.43 Å². The molecule has 0 aliphatic carbocycles. The molecule has 1 N–H and O–H groups in total. The topological polar surface area (TPSA) is 59.9 Å². The Bertz CT molecular complexity index is 792. The van der Waals surface area contributed by atoms with Crippen molar-refractivity contribution in [2.45, 2.75) is 0 Å². The predicted octanol–water partition coefficient (Wildman–Crippen LogP) is 4.28. The number of hydrogen-bond acceptors (Lipinski definition) is 4. The van der Waals surface area contributed by atoms with E-state index in [0.29, 0.717) is 28.7 Å². The molecule has 0 bridgehead atoms. The molecular formula is C18H16ClIN2O3. The van der Waals surface area contributed by atoms with Gasteiger partial charge in [0.05, 0.1) is 16.9 Å². The highest BCUT2D eigenvalue weighted by Gasteiger charge is 2.10. The van der Waals surface area contributed by atoms with Crippen molar-refractivity contribution in [3.05, 3.63) is 68.8 Å². The summed E-state index contributed by atoms with van der Waals surface area (Å²) in [6, 6.07) is 10.2. The van der Waals surface area contributed by atoms with E-state index >= 15 is 0 Å². The lowest BCUT2D eigenvalue weighted by Gasteiger charge is -2.12. The van der Waals surface area contributed by atoms with Gasteiger partial charge in [-0.3, -0.25) is 4.79 Å². The Hall–Kier alpha value is -2.06. The SMILES string of the molecule is C=CCOc1c(I)cc(/C=N/NC(=O)c2ccc(Cl)cc2)cc1OC. The number of ether oxygens (including phenoxy) is 2. The van der Waals surface area contributed by atoms with Crippen LogP contribution in [0.25, 0.3) is 0 Å². The second kappa shape index (κ2) is 9.43. The summed E-state index contributed by atoms with van der Waals surface area (Å²) in [4.78, 5) is 12.0. The zero-order chi connectivity index (χ0) is 18.2. The van der Waals surface area contributed by atoms with Crippen molar-refractivity contribution < 1.29 is 14.3 Å². The maximum Gasteiger partial charge on any atom is 0.271 e. The number of hydrazone groups is 1. The van der Waals surface area contributed by atoms with Gasteiger partial charge in [-0.15, -0.1) is 0 Å². The molecule has 25 heavy (non-hydrogen) atoms. The Labute approximate surface area is 164 Å². The zero-order valence-electron chi connectivity index (χ0n) is 13.5. The molecule has 0 aromatic heterocycles. The average Bonchev–Trinajstić information content (AvgIpc) is 2.61. The molecule has 2 aromatic carbocycles. The Kier molecular flexibility index (Phi) is 7.27. The summed E-state index contributed by atoms with van der Waals surface area (Å²) in [6.45, 7) is 4.01. The monoisotopic (exact) mass is 470 g/mol. The number of halogens is 2. The summed E-state index contributed by atoms with van der Waals surface area (Å²) < 4.78 is 11.8. The number of nitrogens with zero attached hydrogens (tertiary/aromatic N) is 1. The molecule has 2 rings (SSSR count). The third-order valence-corrected chi connectivity index (χ3v) is 4.14. The third kappa shape index (κ3) is 5.47. The number of carbonyl (C=O) groups excluding carboxylic acids is 1. The fraction of sp³-hybridized carbons (Fsp3) is 0.111. The maximum absolute atomic E-state index is 12.0. The van der Waals surface area contributed by atoms with Crippen LogP contribution < -0.4 is 14.9 Å². The predicted molar refractivity (Wildman–Crippen MR) is 108 cm³/mol. The molecule has 0 fully saturated rings. The number of carbonyl (C=O) groups is 1. The largest absolute Gasteiger partial charge is 0.493 e. The van der Waals surface area contributed by atoms with Crippen molar-refractivity contribution in [3.8, 4) is 11.5 Å². The van der Waals surface area contributed by atoms with E-state index in [1.807, 2.05) is 6.07 Å². The van der Waals surface area contributed by atoms with E-state index in [2.05, 4.69) is 39.7 Å². The Morgan fingerprint density at radius 2 is 2.08 bits per heavy atom. The lowest BCUT2D eigenvalue weighted by atomic mass is 10.2. The van der Waals surface area contributed by atoms with Gasteiger partial charge in [0.25, 0.3) is 5.91 Å². The van der Waals surface area contributed by atoms with Crippen molar-refractivity contribution in [2.24, 2.45) is 5.10 Å². The smallest absolute Gasteiger partial charge is 0.271 e. The molecule has 2 aromatic rings. The van der Waals surface area contributed by atoms with Crippen molar-refractivity contribution >= 4 is 46.3 Å². The van der Waals surface area contributed by atoms with E-state index in [9.17, 15) is 4.79 Å². The lowest BCUT2D eigenvalue weighted by molar-refractivity contribution is 0.0955. The molecular weight excluding hydrogens is 455 g/mol. The van der Waals surface area contributed by atoms with Crippen molar-refractivity contribution in [2.75, 3.05) is 13.7 Å². The summed E-state index contributed by atoms with van der Waals surface area (Å²) >= 11 is 7.95. The Morgan fingerprint density at radius 3 is 2.72 bits per heavy atom. The van der Waals surface area contributed by atoms with E-state index in [1.165, 1.54) is 6.21 Å². The van der Waals surface area contributed by atoms with Crippen molar-refractivity contribution in [1.29, 1.82) is 0 Å². The Morgan fingerprint density at radius 1 is 1.36 bits per heavy atom. The zero-order valence-corrected chi connectivity index (χ0v) is 16.4. The van der Waals surface area contributed by atoms with Crippen LogP contribution in [0.5, 0.6) is 11.5 Å². The van der Waals surface area contributed by atoms with Crippen LogP contribution in [-0.4, -0.2) is 25.8 Å². The third-order valence-electron chi connectivity index (χ3n) is 3.08. The normalized spacial score (nSPS) is 10.5. The molecule has 130 valence electrons. The van der Waals surface area contributed by atoms with Crippen LogP contribution in [0.1, 0.15) is 15.9 Å². The van der Waals surface area contributed by atoms with E-state index in [0.717, 1.165) is 9.13 Å². The molecule has 0 saturated heterocycles. The molecule has 5 nitrogen and oxygen atoms in total. The molecule has 0 aliphatic heterocycles. The quantitative estimate of drug-likeness (QED) is 0.284. The van der Waals surface area contributed by atoms with E-state index < -0.39 is 0 Å². The van der Waals surface area contributed by atoms with Crippen LogP contribution in [0.15, 0.2) is 54.2 Å². The van der Waals surface area contributed by atoms with E-state index in [-0.39, 0.29) is 5.91 Å². The van der Waals surface area contributed by atoms with Crippen LogP contribution in [-0.2, 0) is 0 Å². The van der Waals surface area contributed by atoms with Crippen LogP contribution in [0.4, 0.5) is 0 Å². The minimum atomic E-state index is -0.319. The molecule has 0 atom stereocenters. The van der Waals surface area contributed by atoms with Gasteiger partial charge in [-0.05, 0) is 64.6 Å². The summed E-state index contributed by atoms with van der Waals surface area (Å²) in [5.41, 5.74) is 3.71. The standard InChI is InChI=1S/C18H16ClIN2O3/c1-3-8-25-17-15(20)9-12(10-16(17)24-2)11-21-22-18(23)13-4-6-14(19)7-5-13/h3-7,9-11H,1,8H2,2H3,(H,22,23)/b21-11+. The maximum atomic E-state index is 12.0. The molecule has 0 spiro atoms. The number of rotatable bonds is 7.